The van der Waals surface area contributed by atoms with Crippen LogP contribution in [0.15, 0.2) is 16.0 Å². The first kappa shape index (κ1) is 26.0. The molecule has 1 aromatic carbocycles. The van der Waals surface area contributed by atoms with Crippen LogP contribution in [-0.4, -0.2) is 89.9 Å². The molecule has 7 rings (SSSR count). The highest BCUT2D eigenvalue weighted by molar-refractivity contribution is 7.13. The molecule has 5 amide bonds. The van der Waals surface area contributed by atoms with Gasteiger partial charge in [0.2, 0.25) is 17.4 Å². The lowest BCUT2D eigenvalue weighted by Crippen LogP contribution is -2.75. The van der Waals surface area contributed by atoms with Gasteiger partial charge < -0.3 is 23.8 Å². The molecule has 3 atom stereocenters. The number of anilines is 1. The van der Waals surface area contributed by atoms with Gasteiger partial charge >= 0.3 is 6.03 Å². The third kappa shape index (κ3) is 3.79. The van der Waals surface area contributed by atoms with E-state index in [1.165, 1.54) is 11.3 Å². The summed E-state index contributed by atoms with van der Waals surface area (Å²) in [6, 6.07) is -0.152. The van der Waals surface area contributed by atoms with E-state index >= 15 is 4.39 Å². The Morgan fingerprint density at radius 1 is 1.17 bits per heavy atom. The summed E-state index contributed by atoms with van der Waals surface area (Å²) in [5, 5.41) is 10.8. The maximum atomic E-state index is 16.3. The molecule has 214 valence electrons. The number of ether oxygens (including phenoxy) is 2. The van der Waals surface area contributed by atoms with Gasteiger partial charge in [-0.3, -0.25) is 25.0 Å². The SMILES string of the molecule is C[C@@H]1CN2c3c(cc4c(-c5nc(C(=O)N6CCOCC6)cs5)noc4c3F)CC3(C(=O)NC(=O)NC3=O)[C@H]2[C@H](C)O1. The van der Waals surface area contributed by atoms with E-state index in [-0.39, 0.29) is 53.0 Å². The fourth-order valence-corrected chi connectivity index (χ4v) is 7.30. The average Bonchev–Trinajstić information content (AvgIpc) is 3.59. The van der Waals surface area contributed by atoms with Crippen LogP contribution in [0, 0.1) is 11.2 Å². The van der Waals surface area contributed by atoms with Crippen LogP contribution in [0.1, 0.15) is 29.9 Å². The smallest absolute Gasteiger partial charge is 0.328 e. The van der Waals surface area contributed by atoms with Crippen LogP contribution in [0.3, 0.4) is 0 Å². The fourth-order valence-electron chi connectivity index (χ4n) is 6.51. The Kier molecular flexibility index (Phi) is 5.89. The topological polar surface area (TPSA) is 156 Å². The summed E-state index contributed by atoms with van der Waals surface area (Å²) >= 11 is 1.17. The summed E-state index contributed by atoms with van der Waals surface area (Å²) in [5.74, 6) is -2.46. The summed E-state index contributed by atoms with van der Waals surface area (Å²) in [5.41, 5.74) is -0.823. The summed E-state index contributed by atoms with van der Waals surface area (Å²) < 4.78 is 33.1. The minimum absolute atomic E-state index is 0.107. The highest BCUT2D eigenvalue weighted by atomic mass is 32.1. The lowest BCUT2D eigenvalue weighted by Gasteiger charge is -2.55. The quantitative estimate of drug-likeness (QED) is 0.423. The van der Waals surface area contributed by atoms with Crippen molar-refractivity contribution in [1.82, 2.24) is 25.7 Å². The van der Waals surface area contributed by atoms with Crippen molar-refractivity contribution in [1.29, 1.82) is 0 Å². The van der Waals surface area contributed by atoms with E-state index < -0.39 is 41.2 Å². The zero-order valence-corrected chi connectivity index (χ0v) is 22.9. The number of fused-ring (bicyclic) bond motifs is 5. The molecule has 0 radical (unpaired) electrons. The van der Waals surface area contributed by atoms with Crippen LogP contribution in [0.25, 0.3) is 21.7 Å². The summed E-state index contributed by atoms with van der Waals surface area (Å²) in [7, 11) is 0. The van der Waals surface area contributed by atoms with Crippen LogP contribution in [-0.2, 0) is 25.5 Å². The van der Waals surface area contributed by atoms with E-state index in [1.54, 1.807) is 28.2 Å². The molecule has 3 fully saturated rings. The third-order valence-corrected chi connectivity index (χ3v) is 9.04. The number of hydrogen-bond acceptors (Lipinski definition) is 11. The van der Waals surface area contributed by atoms with Crippen molar-refractivity contribution in [3.63, 3.8) is 0 Å². The van der Waals surface area contributed by atoms with Gasteiger partial charge in [0, 0.05) is 31.4 Å². The zero-order chi connectivity index (χ0) is 28.6. The largest absolute Gasteiger partial charge is 0.378 e. The second-order valence-corrected chi connectivity index (χ2v) is 11.5. The molecule has 0 saturated carbocycles. The van der Waals surface area contributed by atoms with Crippen molar-refractivity contribution in [2.75, 3.05) is 37.7 Å². The Bertz CT molecular complexity index is 1610. The minimum Gasteiger partial charge on any atom is -0.378 e. The number of imide groups is 2. The number of thiazole rings is 1. The predicted molar refractivity (Wildman–Crippen MR) is 141 cm³/mol. The molecular formula is C26H25FN6O7S. The number of morpholine rings is 2. The van der Waals surface area contributed by atoms with Crippen LogP contribution in [0.2, 0.25) is 0 Å². The number of benzene rings is 1. The summed E-state index contributed by atoms with van der Waals surface area (Å²) in [6.45, 7) is 5.57. The standard InChI is InChI=1S/C26H25FN6O7S/c1-11-9-33-18-13(8-26(20(33)12(2)39-11)23(35)29-25(37)30-24(26)36)7-14-17(31-40-19(14)16(18)27)21-28-15(10-41-21)22(34)32-3-5-38-6-4-32/h7,10-12,20H,3-6,8-9H2,1-2H3,(H2,29,30,35,36,37)/t11-,12+,20-/m1/s1. The van der Waals surface area contributed by atoms with Gasteiger partial charge in [0.25, 0.3) is 5.91 Å². The molecule has 13 nitrogen and oxygen atoms in total. The highest BCUT2D eigenvalue weighted by Crippen LogP contribution is 2.49. The van der Waals surface area contributed by atoms with Crippen LogP contribution < -0.4 is 15.5 Å². The number of amides is 5. The molecule has 15 heteroatoms. The van der Waals surface area contributed by atoms with E-state index in [4.69, 9.17) is 14.0 Å². The average molecular weight is 585 g/mol. The number of barbiturate groups is 1. The summed E-state index contributed by atoms with van der Waals surface area (Å²) in [4.78, 5) is 59.5. The van der Waals surface area contributed by atoms with E-state index in [0.717, 1.165) is 0 Å². The number of halogens is 1. The van der Waals surface area contributed by atoms with Gasteiger partial charge in [-0.1, -0.05) is 5.16 Å². The second kappa shape index (κ2) is 9.29. The Morgan fingerprint density at radius 2 is 1.90 bits per heavy atom. The number of urea groups is 1. The molecule has 2 N–H and O–H groups in total. The maximum absolute atomic E-state index is 16.3. The molecule has 0 unspecified atom stereocenters. The number of rotatable bonds is 2. The first-order valence-corrected chi connectivity index (χ1v) is 14.1. The number of nitrogens with one attached hydrogen (secondary N) is 2. The van der Waals surface area contributed by atoms with Crippen molar-refractivity contribution in [3.8, 4) is 10.7 Å². The first-order chi connectivity index (χ1) is 19.7. The normalized spacial score (nSPS) is 25.6. The number of carbonyl (C=O) groups is 4. The van der Waals surface area contributed by atoms with Crippen LogP contribution >= 0.6 is 11.3 Å². The fraction of sp³-hybridized carbons (Fsp3) is 0.462. The van der Waals surface area contributed by atoms with Crippen molar-refractivity contribution < 1.29 is 37.6 Å². The molecule has 4 aliphatic rings. The van der Waals surface area contributed by atoms with E-state index in [2.05, 4.69) is 20.8 Å². The van der Waals surface area contributed by atoms with Crippen molar-refractivity contribution in [2.45, 2.75) is 38.5 Å². The first-order valence-electron chi connectivity index (χ1n) is 13.2. The molecule has 0 bridgehead atoms. The van der Waals surface area contributed by atoms with Crippen molar-refractivity contribution >= 4 is 51.7 Å². The van der Waals surface area contributed by atoms with Crippen LogP contribution in [0.4, 0.5) is 14.9 Å². The molecule has 0 aliphatic carbocycles. The molecule has 2 aromatic heterocycles. The molecule has 41 heavy (non-hydrogen) atoms. The zero-order valence-electron chi connectivity index (χ0n) is 22.1. The Morgan fingerprint density at radius 3 is 2.63 bits per heavy atom. The third-order valence-electron chi connectivity index (χ3n) is 8.19. The van der Waals surface area contributed by atoms with Crippen LogP contribution in [0.5, 0.6) is 0 Å². The van der Waals surface area contributed by atoms with Gasteiger partial charge in [-0.25, -0.2) is 14.2 Å². The van der Waals surface area contributed by atoms with E-state index in [1.807, 2.05) is 6.92 Å². The summed E-state index contributed by atoms with van der Waals surface area (Å²) in [6.07, 6.45) is -1.17. The van der Waals surface area contributed by atoms with E-state index in [9.17, 15) is 19.2 Å². The Labute approximate surface area is 235 Å². The molecule has 3 saturated heterocycles. The maximum Gasteiger partial charge on any atom is 0.328 e. The monoisotopic (exact) mass is 584 g/mol. The van der Waals surface area contributed by atoms with Gasteiger partial charge in [0.15, 0.2) is 16.9 Å². The van der Waals surface area contributed by atoms with Gasteiger partial charge in [-0.05, 0) is 25.5 Å². The van der Waals surface area contributed by atoms with Gasteiger partial charge in [-0.15, -0.1) is 11.3 Å². The highest BCUT2D eigenvalue weighted by Gasteiger charge is 2.63. The number of hydrogen-bond donors (Lipinski definition) is 2. The molecule has 1 spiro atoms. The van der Waals surface area contributed by atoms with Gasteiger partial charge in [0.05, 0.1) is 42.5 Å². The molecule has 6 heterocycles. The number of aromatic nitrogens is 2. The van der Waals surface area contributed by atoms with Crippen molar-refractivity contribution in [2.24, 2.45) is 5.41 Å². The van der Waals surface area contributed by atoms with E-state index in [0.29, 0.717) is 36.9 Å². The van der Waals surface area contributed by atoms with Gasteiger partial charge in [-0.2, -0.15) is 0 Å². The van der Waals surface area contributed by atoms with Crippen molar-refractivity contribution in [3.05, 3.63) is 28.5 Å². The molecule has 4 aliphatic heterocycles. The Hall–Kier alpha value is -3.95. The van der Waals surface area contributed by atoms with Gasteiger partial charge in [0.1, 0.15) is 10.7 Å². The Balaban J connectivity index is 1.34. The molecular weight excluding hydrogens is 559 g/mol. The predicted octanol–water partition coefficient (Wildman–Crippen LogP) is 1.45. The number of nitrogens with zero attached hydrogens (tertiary/aromatic N) is 4. The lowest BCUT2D eigenvalue weighted by atomic mass is 9.66. The minimum atomic E-state index is -1.75. The number of carbonyl (C=O) groups excluding carboxylic acids is 4. The molecule has 3 aromatic rings. The second-order valence-electron chi connectivity index (χ2n) is 10.7. The lowest BCUT2D eigenvalue weighted by molar-refractivity contribution is -0.153.